The van der Waals surface area contributed by atoms with Crippen LogP contribution in [0.5, 0.6) is 0 Å². The summed E-state index contributed by atoms with van der Waals surface area (Å²) < 4.78 is 30.7. The second kappa shape index (κ2) is 19.0. The summed E-state index contributed by atoms with van der Waals surface area (Å²) in [6.45, 7) is 8.14. The molecule has 290 valence electrons. The van der Waals surface area contributed by atoms with Gasteiger partial charge in [0, 0.05) is 11.5 Å². The molecule has 22 heteroatoms. The molecular weight excluding hydrogens is 716 g/mol. The van der Waals surface area contributed by atoms with Crippen LogP contribution >= 0.6 is 21.6 Å². The van der Waals surface area contributed by atoms with Crippen molar-refractivity contribution in [2.75, 3.05) is 24.7 Å². The smallest absolute Gasteiger partial charge is 0.408 e. The summed E-state index contributed by atoms with van der Waals surface area (Å²) in [4.78, 5) is 51.0. The van der Waals surface area contributed by atoms with E-state index in [2.05, 4.69) is 10.6 Å². The molecule has 10 N–H and O–H groups in total. The maximum absolute atomic E-state index is 13.0. The summed E-state index contributed by atoms with van der Waals surface area (Å²) in [5, 5.41) is 83.5. The lowest BCUT2D eigenvalue weighted by Crippen LogP contribution is -2.59. The summed E-state index contributed by atoms with van der Waals surface area (Å²) in [5.41, 5.74) is -1.88. The molecule has 0 radical (unpaired) electrons. The molecule has 2 saturated heterocycles. The molecule has 0 spiro atoms. The van der Waals surface area contributed by atoms with E-state index in [4.69, 9.17) is 28.4 Å². The molecule has 0 bridgehead atoms. The van der Waals surface area contributed by atoms with E-state index in [1.165, 1.54) is 0 Å². The van der Waals surface area contributed by atoms with Crippen molar-refractivity contribution in [3.63, 3.8) is 0 Å². The van der Waals surface area contributed by atoms with Gasteiger partial charge in [0.2, 0.25) is 0 Å². The van der Waals surface area contributed by atoms with Crippen LogP contribution in [0.4, 0.5) is 9.59 Å². The number of alkyl carbamates (subject to hydrolysis) is 2. The Morgan fingerprint density at radius 2 is 0.900 bits per heavy atom. The fourth-order valence-electron chi connectivity index (χ4n) is 4.14. The van der Waals surface area contributed by atoms with Crippen LogP contribution in [0.1, 0.15) is 41.5 Å². The van der Waals surface area contributed by atoms with E-state index in [1.807, 2.05) is 0 Å². The van der Waals surface area contributed by atoms with Crippen molar-refractivity contribution in [1.82, 2.24) is 10.6 Å². The first-order valence-corrected chi connectivity index (χ1v) is 17.8. The van der Waals surface area contributed by atoms with E-state index < -0.39 is 122 Å². The quantitative estimate of drug-likeness (QED) is 0.0383. The monoisotopic (exact) mass is 764 g/mol. The zero-order valence-corrected chi connectivity index (χ0v) is 29.9. The molecule has 2 aliphatic heterocycles. The Labute approximate surface area is 295 Å². The average Bonchev–Trinajstić information content (AvgIpc) is 2.99. The second-order valence-electron chi connectivity index (χ2n) is 13.3. The number of aliphatic hydroxyl groups excluding tert-OH is 8. The van der Waals surface area contributed by atoms with E-state index in [0.717, 1.165) is 21.6 Å². The number of rotatable bonds is 13. The predicted molar refractivity (Wildman–Crippen MR) is 171 cm³/mol. The lowest BCUT2D eigenvalue weighted by molar-refractivity contribution is -0.287. The molecule has 20 nitrogen and oxygen atoms in total. The second-order valence-corrected chi connectivity index (χ2v) is 15.9. The molecule has 2 rings (SSSR count). The molecule has 12 atom stereocenters. The molecule has 2 aliphatic rings. The van der Waals surface area contributed by atoms with Crippen LogP contribution in [0.15, 0.2) is 0 Å². The zero-order chi connectivity index (χ0) is 38.1. The van der Waals surface area contributed by atoms with E-state index >= 15 is 0 Å². The first-order valence-electron chi connectivity index (χ1n) is 15.3. The first kappa shape index (κ1) is 43.9. The summed E-state index contributed by atoms with van der Waals surface area (Å²) >= 11 is 0. The average molecular weight is 765 g/mol. The number of ether oxygens (including phenoxy) is 6. The van der Waals surface area contributed by atoms with Crippen LogP contribution in [-0.2, 0) is 38.0 Å². The number of nitrogens with one attached hydrogen (secondary N) is 2. The highest BCUT2D eigenvalue weighted by Gasteiger charge is 2.45. The third kappa shape index (κ3) is 14.1. The fourth-order valence-corrected chi connectivity index (χ4v) is 6.43. The number of aliphatic hydroxyl groups is 8. The molecule has 2 heterocycles. The molecule has 0 aromatic heterocycles. The van der Waals surface area contributed by atoms with Crippen LogP contribution in [0, 0.1) is 0 Å². The summed E-state index contributed by atoms with van der Waals surface area (Å²) in [6, 6.07) is -2.79. The minimum atomic E-state index is -1.87. The Hall–Kier alpha value is -2.22. The van der Waals surface area contributed by atoms with Crippen LogP contribution in [0.2, 0.25) is 0 Å². The fraction of sp³-hybridized carbons (Fsp3) is 0.857. The normalized spacial score (nSPS) is 31.5. The standard InChI is InChI=1S/C28H48N2O18S2/c1-27(2,3)47-25(41)29-11(21(37)43-7-13-15(31)17(33)19(35)23(39)45-13)9-49-50-10-12(30-26(42)48-28(4,5)6)22(38)44-8-14-16(32)18(34)20(36)24(40)46-14/h11-20,23-24,31-36,39-40H,7-10H2,1-6H3,(H,29,41)(H,30,42)/t11-,12-,13-,14+,15+,16+,17+,18+,19+,20+,23+,24+/m1/s1. The van der Waals surface area contributed by atoms with Crippen molar-refractivity contribution in [2.24, 2.45) is 0 Å². The lowest BCUT2D eigenvalue weighted by Gasteiger charge is -2.38. The van der Waals surface area contributed by atoms with Gasteiger partial charge in [-0.15, -0.1) is 0 Å². The number of esters is 2. The van der Waals surface area contributed by atoms with Gasteiger partial charge in [0.05, 0.1) is 0 Å². The van der Waals surface area contributed by atoms with Crippen LogP contribution < -0.4 is 10.6 Å². The van der Waals surface area contributed by atoms with Gasteiger partial charge in [-0.3, -0.25) is 0 Å². The van der Waals surface area contributed by atoms with Gasteiger partial charge in [-0.1, -0.05) is 21.6 Å². The van der Waals surface area contributed by atoms with E-state index in [1.54, 1.807) is 41.5 Å². The van der Waals surface area contributed by atoms with Crippen molar-refractivity contribution in [3.05, 3.63) is 0 Å². The largest absolute Gasteiger partial charge is 0.461 e. The molecule has 0 unspecified atom stereocenters. The van der Waals surface area contributed by atoms with Crippen molar-refractivity contribution in [1.29, 1.82) is 0 Å². The van der Waals surface area contributed by atoms with Gasteiger partial charge in [-0.2, -0.15) is 0 Å². The zero-order valence-electron chi connectivity index (χ0n) is 28.2. The maximum atomic E-state index is 13.0. The highest BCUT2D eigenvalue weighted by molar-refractivity contribution is 8.76. The van der Waals surface area contributed by atoms with Gasteiger partial charge < -0.3 is 79.9 Å². The van der Waals surface area contributed by atoms with Gasteiger partial charge in [0.15, 0.2) is 12.6 Å². The SMILES string of the molecule is CC(C)(C)OC(=O)N[C@H](CSSC[C@@H](NC(=O)OC(C)(C)C)C(=O)OC[C@H]1O[C@H](O)[C@@H](O)[C@@H](O)[C@H]1O)C(=O)OC[C@@H]1O[C@H](O)[C@@H](O)[C@@H](O)[C@H]1O. The molecule has 2 fully saturated rings. The number of hydrogen-bond acceptors (Lipinski definition) is 20. The topological polar surface area (TPSA) is 310 Å². The third-order valence-electron chi connectivity index (χ3n) is 6.66. The molecular formula is C28H48N2O18S2. The van der Waals surface area contributed by atoms with Gasteiger partial charge in [0.25, 0.3) is 0 Å². The highest BCUT2D eigenvalue weighted by Crippen LogP contribution is 2.26. The van der Waals surface area contributed by atoms with Crippen molar-refractivity contribution in [2.45, 2.75) is 126 Å². The van der Waals surface area contributed by atoms with Crippen molar-refractivity contribution < 1.29 is 88.5 Å². The Balaban J connectivity index is 2.08. The van der Waals surface area contributed by atoms with Gasteiger partial charge in [-0.05, 0) is 41.5 Å². The maximum Gasteiger partial charge on any atom is 0.408 e. The van der Waals surface area contributed by atoms with Crippen LogP contribution in [-0.4, -0.2) is 174 Å². The minimum absolute atomic E-state index is 0.213. The summed E-state index contributed by atoms with van der Waals surface area (Å²) in [5.74, 6) is -2.51. The van der Waals surface area contributed by atoms with Gasteiger partial charge in [0.1, 0.15) is 85.3 Å². The van der Waals surface area contributed by atoms with Crippen LogP contribution in [0.3, 0.4) is 0 Å². The van der Waals surface area contributed by atoms with Gasteiger partial charge in [-0.25, -0.2) is 19.2 Å². The third-order valence-corrected chi connectivity index (χ3v) is 9.08. The van der Waals surface area contributed by atoms with Crippen LogP contribution in [0.25, 0.3) is 0 Å². The highest BCUT2D eigenvalue weighted by atomic mass is 33.1. The molecule has 0 aromatic rings. The van der Waals surface area contributed by atoms with E-state index in [-0.39, 0.29) is 11.5 Å². The lowest BCUT2D eigenvalue weighted by atomic mass is 9.99. The molecule has 0 aliphatic carbocycles. The van der Waals surface area contributed by atoms with E-state index in [0.29, 0.717) is 0 Å². The summed E-state index contributed by atoms with van der Waals surface area (Å²) in [7, 11) is 1.88. The number of carbonyl (C=O) groups excluding carboxylic acids is 4. The Morgan fingerprint density at radius 1 is 0.580 bits per heavy atom. The van der Waals surface area contributed by atoms with Crippen molar-refractivity contribution in [3.8, 4) is 0 Å². The first-order chi connectivity index (χ1) is 23.0. The number of hydrogen-bond donors (Lipinski definition) is 10. The Morgan fingerprint density at radius 3 is 1.20 bits per heavy atom. The molecule has 50 heavy (non-hydrogen) atoms. The Bertz CT molecular complexity index is 1050. The number of carbonyl (C=O) groups is 4. The van der Waals surface area contributed by atoms with Gasteiger partial charge >= 0.3 is 24.1 Å². The minimum Gasteiger partial charge on any atom is -0.461 e. The molecule has 0 saturated carbocycles. The van der Waals surface area contributed by atoms with E-state index in [9.17, 15) is 60.0 Å². The number of amides is 2. The summed E-state index contributed by atoms with van der Waals surface area (Å²) in [6.07, 6.45) is -19.3. The predicted octanol–water partition coefficient (Wildman–Crippen LogP) is -3.16. The van der Waals surface area contributed by atoms with Crippen molar-refractivity contribution >= 4 is 45.7 Å². The Kier molecular flexibility index (Phi) is 16.7. The molecule has 2 amide bonds. The molecule has 0 aromatic carbocycles.